The molecule has 1 saturated heterocycles. The lowest BCUT2D eigenvalue weighted by atomic mass is 10.0. The van der Waals surface area contributed by atoms with Crippen LogP contribution in [0.25, 0.3) is 0 Å². The first-order valence-electron chi connectivity index (χ1n) is 8.50. The number of likely N-dealkylation sites (tertiary alicyclic amines) is 1. The van der Waals surface area contributed by atoms with Gasteiger partial charge >= 0.3 is 12.0 Å². The van der Waals surface area contributed by atoms with Gasteiger partial charge in [-0.25, -0.2) is 4.79 Å². The summed E-state index contributed by atoms with van der Waals surface area (Å²) in [5.41, 5.74) is 0. The van der Waals surface area contributed by atoms with Gasteiger partial charge < -0.3 is 20.3 Å². The van der Waals surface area contributed by atoms with E-state index in [9.17, 15) is 14.4 Å². The van der Waals surface area contributed by atoms with Crippen molar-refractivity contribution in [2.24, 2.45) is 0 Å². The van der Waals surface area contributed by atoms with Crippen LogP contribution in [0.1, 0.15) is 51.4 Å². The van der Waals surface area contributed by atoms with Crippen molar-refractivity contribution < 1.29 is 19.1 Å². The summed E-state index contributed by atoms with van der Waals surface area (Å²) in [5.74, 6) is -0.386. The van der Waals surface area contributed by atoms with Gasteiger partial charge in [-0.2, -0.15) is 0 Å². The molecule has 3 amide bonds. The van der Waals surface area contributed by atoms with E-state index in [0.717, 1.165) is 25.7 Å². The minimum atomic E-state index is -0.363. The number of nitrogens with one attached hydrogen (secondary N) is 2. The van der Waals surface area contributed by atoms with Crippen molar-refractivity contribution >= 4 is 17.9 Å². The van der Waals surface area contributed by atoms with Crippen molar-refractivity contribution in [3.05, 3.63) is 0 Å². The van der Waals surface area contributed by atoms with Crippen molar-refractivity contribution in [2.45, 2.75) is 63.5 Å². The lowest BCUT2D eigenvalue weighted by molar-refractivity contribution is -0.143. The Balaban J connectivity index is 1.63. The number of urea groups is 1. The van der Waals surface area contributed by atoms with E-state index in [1.807, 2.05) is 0 Å². The van der Waals surface area contributed by atoms with E-state index in [1.165, 1.54) is 20.0 Å². The molecule has 7 heteroatoms. The van der Waals surface area contributed by atoms with Crippen LogP contribution in [0.15, 0.2) is 0 Å². The summed E-state index contributed by atoms with van der Waals surface area (Å²) in [6, 6.07) is 0.336. The maximum atomic E-state index is 12.0. The summed E-state index contributed by atoms with van der Waals surface area (Å²) < 4.78 is 4.54. The Hall–Kier alpha value is -1.79. The molecule has 2 rings (SSSR count). The van der Waals surface area contributed by atoms with Gasteiger partial charge in [0.25, 0.3) is 0 Å². The number of amides is 3. The fourth-order valence-electron chi connectivity index (χ4n) is 3.23. The number of esters is 1. The second-order valence-electron chi connectivity index (χ2n) is 6.33. The molecule has 0 aromatic heterocycles. The molecule has 7 nitrogen and oxygen atoms in total. The van der Waals surface area contributed by atoms with Crippen LogP contribution in [0.2, 0.25) is 0 Å². The van der Waals surface area contributed by atoms with E-state index in [4.69, 9.17) is 0 Å². The van der Waals surface area contributed by atoms with Gasteiger partial charge in [0.15, 0.2) is 0 Å². The van der Waals surface area contributed by atoms with E-state index in [0.29, 0.717) is 19.1 Å². The van der Waals surface area contributed by atoms with Crippen LogP contribution in [-0.4, -0.2) is 55.1 Å². The summed E-state index contributed by atoms with van der Waals surface area (Å²) in [7, 11) is 1.32. The number of nitrogens with zero attached hydrogens (tertiary/aromatic N) is 1. The number of rotatable bonds is 5. The maximum Gasteiger partial charge on any atom is 0.315 e. The molecule has 0 unspecified atom stereocenters. The number of piperidine rings is 1. The summed E-state index contributed by atoms with van der Waals surface area (Å²) in [5, 5.41) is 6.02. The first kappa shape index (κ1) is 17.6. The van der Waals surface area contributed by atoms with Crippen LogP contribution in [0.3, 0.4) is 0 Å². The normalized spacial score (nSPS) is 19.4. The van der Waals surface area contributed by atoms with Gasteiger partial charge in [-0.15, -0.1) is 0 Å². The number of hydrogen-bond acceptors (Lipinski definition) is 4. The van der Waals surface area contributed by atoms with Gasteiger partial charge in [0, 0.05) is 31.6 Å². The molecule has 2 fully saturated rings. The Kier molecular flexibility index (Phi) is 6.67. The van der Waals surface area contributed by atoms with Crippen LogP contribution in [0.4, 0.5) is 4.79 Å². The molecule has 23 heavy (non-hydrogen) atoms. The Labute approximate surface area is 137 Å². The van der Waals surface area contributed by atoms with Crippen molar-refractivity contribution in [2.75, 3.05) is 20.2 Å². The van der Waals surface area contributed by atoms with Crippen LogP contribution in [-0.2, 0) is 14.3 Å². The predicted molar refractivity (Wildman–Crippen MR) is 84.8 cm³/mol. The second kappa shape index (κ2) is 8.74. The third-order valence-corrected chi connectivity index (χ3v) is 4.64. The molecule has 2 N–H and O–H groups in total. The average molecular weight is 325 g/mol. The molecule has 1 heterocycles. The maximum absolute atomic E-state index is 12.0. The SMILES string of the molecule is COC(=O)CCC(=O)N1CCC(NC(=O)NC2CCCC2)CC1. The highest BCUT2D eigenvalue weighted by Crippen LogP contribution is 2.17. The molecular weight excluding hydrogens is 298 g/mol. The lowest BCUT2D eigenvalue weighted by Crippen LogP contribution is -2.50. The molecule has 0 aromatic rings. The monoisotopic (exact) mass is 325 g/mol. The number of hydrogen-bond donors (Lipinski definition) is 2. The van der Waals surface area contributed by atoms with Gasteiger partial charge in [-0.1, -0.05) is 12.8 Å². The third kappa shape index (κ3) is 5.73. The van der Waals surface area contributed by atoms with Crippen LogP contribution >= 0.6 is 0 Å². The van der Waals surface area contributed by atoms with E-state index in [2.05, 4.69) is 15.4 Å². The molecule has 1 aliphatic carbocycles. The van der Waals surface area contributed by atoms with Gasteiger partial charge in [-0.05, 0) is 25.7 Å². The molecule has 130 valence electrons. The Morgan fingerprint density at radius 1 is 0.957 bits per heavy atom. The molecule has 2 aliphatic rings. The minimum absolute atomic E-state index is 0.0238. The summed E-state index contributed by atoms with van der Waals surface area (Å²) >= 11 is 0. The van der Waals surface area contributed by atoms with E-state index in [1.54, 1.807) is 4.90 Å². The minimum Gasteiger partial charge on any atom is -0.469 e. The van der Waals surface area contributed by atoms with E-state index in [-0.39, 0.29) is 36.8 Å². The summed E-state index contributed by atoms with van der Waals surface area (Å²) in [4.78, 5) is 36.8. The highest BCUT2D eigenvalue weighted by molar-refractivity contribution is 5.81. The average Bonchev–Trinajstić information content (AvgIpc) is 3.05. The largest absolute Gasteiger partial charge is 0.469 e. The van der Waals surface area contributed by atoms with Crippen molar-refractivity contribution in [3.8, 4) is 0 Å². The highest BCUT2D eigenvalue weighted by Gasteiger charge is 2.25. The number of carbonyl (C=O) groups excluding carboxylic acids is 3. The molecule has 1 aliphatic heterocycles. The van der Waals surface area contributed by atoms with Gasteiger partial charge in [0.05, 0.1) is 13.5 Å². The molecule has 0 bridgehead atoms. The van der Waals surface area contributed by atoms with E-state index < -0.39 is 0 Å². The Morgan fingerprint density at radius 2 is 1.52 bits per heavy atom. The first-order chi connectivity index (χ1) is 11.1. The zero-order valence-electron chi connectivity index (χ0n) is 13.8. The predicted octanol–water partition coefficient (Wildman–Crippen LogP) is 1.17. The highest BCUT2D eigenvalue weighted by atomic mass is 16.5. The Morgan fingerprint density at radius 3 is 2.09 bits per heavy atom. The fourth-order valence-corrected chi connectivity index (χ4v) is 3.23. The lowest BCUT2D eigenvalue weighted by Gasteiger charge is -2.32. The first-order valence-corrected chi connectivity index (χ1v) is 8.50. The third-order valence-electron chi connectivity index (χ3n) is 4.64. The quantitative estimate of drug-likeness (QED) is 0.743. The number of carbonyl (C=O) groups is 3. The van der Waals surface area contributed by atoms with E-state index >= 15 is 0 Å². The molecule has 1 saturated carbocycles. The van der Waals surface area contributed by atoms with Crippen molar-refractivity contribution in [1.82, 2.24) is 15.5 Å². The van der Waals surface area contributed by atoms with Crippen LogP contribution in [0.5, 0.6) is 0 Å². The van der Waals surface area contributed by atoms with Crippen LogP contribution in [0, 0.1) is 0 Å². The van der Waals surface area contributed by atoms with Gasteiger partial charge in [0.1, 0.15) is 0 Å². The number of ether oxygens (including phenoxy) is 1. The smallest absolute Gasteiger partial charge is 0.315 e. The Bertz CT molecular complexity index is 427. The second-order valence-corrected chi connectivity index (χ2v) is 6.33. The standard InChI is InChI=1S/C16H27N3O4/c1-23-15(21)7-6-14(20)19-10-8-13(9-11-19)18-16(22)17-12-4-2-3-5-12/h12-13H,2-11H2,1H3,(H2,17,18,22). The molecular formula is C16H27N3O4. The zero-order valence-corrected chi connectivity index (χ0v) is 13.8. The molecule has 0 spiro atoms. The van der Waals surface area contributed by atoms with Crippen LogP contribution < -0.4 is 10.6 Å². The van der Waals surface area contributed by atoms with Gasteiger partial charge in [-0.3, -0.25) is 9.59 Å². The van der Waals surface area contributed by atoms with Gasteiger partial charge in [0.2, 0.25) is 5.91 Å². The topological polar surface area (TPSA) is 87.7 Å². The summed E-state index contributed by atoms with van der Waals surface area (Å²) in [6.45, 7) is 1.24. The molecule has 0 aromatic carbocycles. The van der Waals surface area contributed by atoms with Crippen molar-refractivity contribution in [3.63, 3.8) is 0 Å². The fraction of sp³-hybridized carbons (Fsp3) is 0.812. The zero-order chi connectivity index (χ0) is 16.7. The summed E-state index contributed by atoms with van der Waals surface area (Å²) in [6.07, 6.45) is 6.34. The molecule has 0 atom stereocenters. The number of methoxy groups -OCH3 is 1. The molecule has 0 radical (unpaired) electrons. The van der Waals surface area contributed by atoms with Crippen molar-refractivity contribution in [1.29, 1.82) is 0 Å².